The van der Waals surface area contributed by atoms with Crippen molar-refractivity contribution < 1.29 is 18.0 Å². The van der Waals surface area contributed by atoms with E-state index in [-0.39, 0.29) is 11.2 Å². The summed E-state index contributed by atoms with van der Waals surface area (Å²) in [7, 11) is 0. The van der Waals surface area contributed by atoms with Crippen LogP contribution in [0, 0.1) is 0 Å². The van der Waals surface area contributed by atoms with Crippen LogP contribution in [0.2, 0.25) is 0 Å². The number of nitrogens with one attached hydrogen (secondary N) is 1. The first-order valence-corrected chi connectivity index (χ1v) is 8.06. The Hall–Kier alpha value is -1.76. The number of rotatable bonds is 1. The Bertz CT molecular complexity index is 581. The van der Waals surface area contributed by atoms with Crippen molar-refractivity contribution in [2.24, 2.45) is 0 Å². The maximum Gasteiger partial charge on any atom is 0.418 e. The molecule has 0 unspecified atom stereocenters. The molecule has 0 aliphatic carbocycles. The maximum atomic E-state index is 13.0. The third-order valence-corrected chi connectivity index (χ3v) is 4.21. The summed E-state index contributed by atoms with van der Waals surface area (Å²) < 4.78 is 39.1. The summed E-state index contributed by atoms with van der Waals surface area (Å²) in [6, 6.07) is 4.56. The fourth-order valence-corrected chi connectivity index (χ4v) is 2.82. The standard InChI is InChI=1S/C17H24F3N3O/c1-16(2,3)23-10-6-9-22(11-12-23)15(24)21-14-8-5-4-7-13(14)17(18,19)20/h4-5,7-8H,6,9-12H2,1-3H3,(H,21,24). The van der Waals surface area contributed by atoms with Crippen LogP contribution < -0.4 is 5.32 Å². The Labute approximate surface area is 140 Å². The van der Waals surface area contributed by atoms with Gasteiger partial charge in [0.2, 0.25) is 0 Å². The van der Waals surface area contributed by atoms with Gasteiger partial charge in [0, 0.05) is 31.7 Å². The van der Waals surface area contributed by atoms with Gasteiger partial charge in [-0.1, -0.05) is 12.1 Å². The average Bonchev–Trinajstić information content (AvgIpc) is 2.72. The van der Waals surface area contributed by atoms with Crippen molar-refractivity contribution in [1.82, 2.24) is 9.80 Å². The van der Waals surface area contributed by atoms with E-state index in [1.165, 1.54) is 18.2 Å². The van der Waals surface area contributed by atoms with Gasteiger partial charge in [0.05, 0.1) is 11.3 Å². The Balaban J connectivity index is 2.06. The molecule has 0 bridgehead atoms. The Morgan fingerprint density at radius 3 is 2.33 bits per heavy atom. The molecule has 24 heavy (non-hydrogen) atoms. The van der Waals surface area contributed by atoms with Gasteiger partial charge < -0.3 is 10.2 Å². The third kappa shape index (κ3) is 4.63. The van der Waals surface area contributed by atoms with Gasteiger partial charge in [-0.2, -0.15) is 13.2 Å². The zero-order chi connectivity index (χ0) is 18.0. The van der Waals surface area contributed by atoms with E-state index >= 15 is 0 Å². The molecular formula is C17H24F3N3O. The first-order valence-electron chi connectivity index (χ1n) is 8.06. The number of carbonyl (C=O) groups is 1. The predicted octanol–water partition coefficient (Wildman–Crippen LogP) is 4.04. The Morgan fingerprint density at radius 2 is 1.71 bits per heavy atom. The molecule has 1 aromatic carbocycles. The summed E-state index contributed by atoms with van der Waals surface area (Å²) in [5.41, 5.74) is -1.02. The van der Waals surface area contributed by atoms with Crippen molar-refractivity contribution in [3.8, 4) is 0 Å². The molecule has 4 nitrogen and oxygen atoms in total. The summed E-state index contributed by atoms with van der Waals surface area (Å²) in [5.74, 6) is 0. The van der Waals surface area contributed by atoms with Gasteiger partial charge in [0.15, 0.2) is 0 Å². The summed E-state index contributed by atoms with van der Waals surface area (Å²) in [4.78, 5) is 16.2. The van der Waals surface area contributed by atoms with Crippen LogP contribution in [0.25, 0.3) is 0 Å². The van der Waals surface area contributed by atoms with Crippen molar-refractivity contribution in [2.45, 2.75) is 38.9 Å². The summed E-state index contributed by atoms with van der Waals surface area (Å²) in [6.07, 6.45) is -3.70. The van der Waals surface area contributed by atoms with Gasteiger partial charge in [-0.25, -0.2) is 4.79 Å². The second kappa shape index (κ2) is 7.01. The lowest BCUT2D eigenvalue weighted by molar-refractivity contribution is -0.136. The van der Waals surface area contributed by atoms with Gasteiger partial charge >= 0.3 is 12.2 Å². The largest absolute Gasteiger partial charge is 0.418 e. The number of hydrogen-bond donors (Lipinski definition) is 1. The first-order chi connectivity index (χ1) is 11.1. The van der Waals surface area contributed by atoms with Crippen LogP contribution in [-0.2, 0) is 6.18 Å². The van der Waals surface area contributed by atoms with E-state index in [4.69, 9.17) is 0 Å². The van der Waals surface area contributed by atoms with E-state index in [1.807, 2.05) is 0 Å². The number of hydrogen-bond acceptors (Lipinski definition) is 2. The minimum atomic E-state index is -4.49. The van der Waals surface area contributed by atoms with E-state index in [1.54, 1.807) is 4.90 Å². The van der Waals surface area contributed by atoms with E-state index in [0.717, 1.165) is 19.0 Å². The molecule has 1 saturated heterocycles. The number of halogens is 3. The zero-order valence-corrected chi connectivity index (χ0v) is 14.3. The molecule has 0 aromatic heterocycles. The number of alkyl halides is 3. The van der Waals surface area contributed by atoms with E-state index < -0.39 is 17.8 Å². The van der Waals surface area contributed by atoms with Gasteiger partial charge in [0.1, 0.15) is 0 Å². The van der Waals surface area contributed by atoms with Crippen LogP contribution in [0.3, 0.4) is 0 Å². The number of benzene rings is 1. The molecule has 134 valence electrons. The van der Waals surface area contributed by atoms with Crippen molar-refractivity contribution in [2.75, 3.05) is 31.5 Å². The second-order valence-electron chi connectivity index (χ2n) is 6.97. The van der Waals surface area contributed by atoms with Crippen LogP contribution in [-0.4, -0.2) is 47.5 Å². The molecule has 1 aliphatic rings. The number of anilines is 1. The molecule has 1 aromatic rings. The normalized spacial score (nSPS) is 17.5. The van der Waals surface area contributed by atoms with Crippen molar-refractivity contribution in [1.29, 1.82) is 0 Å². The quantitative estimate of drug-likeness (QED) is 0.835. The predicted molar refractivity (Wildman–Crippen MR) is 88.0 cm³/mol. The highest BCUT2D eigenvalue weighted by Crippen LogP contribution is 2.34. The molecule has 1 N–H and O–H groups in total. The monoisotopic (exact) mass is 343 g/mol. The van der Waals surface area contributed by atoms with Crippen LogP contribution in [0.15, 0.2) is 24.3 Å². The number of urea groups is 1. The topological polar surface area (TPSA) is 35.6 Å². The highest BCUT2D eigenvalue weighted by atomic mass is 19.4. The van der Waals surface area contributed by atoms with Crippen LogP contribution in [0.4, 0.5) is 23.7 Å². The maximum absolute atomic E-state index is 13.0. The molecule has 0 spiro atoms. The van der Waals surface area contributed by atoms with Crippen LogP contribution >= 0.6 is 0 Å². The lowest BCUT2D eigenvalue weighted by Crippen LogP contribution is -2.44. The minimum absolute atomic E-state index is 0.00930. The molecule has 2 amide bonds. The summed E-state index contributed by atoms with van der Waals surface area (Å²) in [5, 5.41) is 2.42. The fourth-order valence-electron chi connectivity index (χ4n) is 2.82. The van der Waals surface area contributed by atoms with Gasteiger partial charge in [-0.15, -0.1) is 0 Å². The number of amides is 2. The molecule has 0 saturated carbocycles. The summed E-state index contributed by atoms with van der Waals surface area (Å²) in [6.45, 7) is 8.95. The molecule has 2 rings (SSSR count). The number of nitrogens with zero attached hydrogens (tertiary/aromatic N) is 2. The van der Waals surface area contributed by atoms with E-state index in [9.17, 15) is 18.0 Å². The fraction of sp³-hybridized carbons (Fsp3) is 0.588. The molecule has 1 fully saturated rings. The Morgan fingerprint density at radius 1 is 1.04 bits per heavy atom. The number of carbonyl (C=O) groups excluding carboxylic acids is 1. The van der Waals surface area contributed by atoms with Gasteiger partial charge in [-0.3, -0.25) is 4.90 Å². The third-order valence-electron chi connectivity index (χ3n) is 4.21. The average molecular weight is 343 g/mol. The SMILES string of the molecule is CC(C)(C)N1CCCN(C(=O)Nc2ccccc2C(F)(F)F)CC1. The summed E-state index contributed by atoms with van der Waals surface area (Å²) >= 11 is 0. The molecule has 1 aliphatic heterocycles. The molecule has 0 radical (unpaired) electrons. The molecular weight excluding hydrogens is 319 g/mol. The van der Waals surface area contributed by atoms with Gasteiger partial charge in [-0.05, 0) is 39.3 Å². The van der Waals surface area contributed by atoms with Crippen molar-refractivity contribution >= 4 is 11.7 Å². The molecule has 0 atom stereocenters. The number of para-hydroxylation sites is 1. The lowest BCUT2D eigenvalue weighted by atomic mass is 10.1. The second-order valence-corrected chi connectivity index (χ2v) is 6.97. The zero-order valence-electron chi connectivity index (χ0n) is 14.3. The van der Waals surface area contributed by atoms with E-state index in [0.29, 0.717) is 19.6 Å². The smallest absolute Gasteiger partial charge is 0.323 e. The van der Waals surface area contributed by atoms with Gasteiger partial charge in [0.25, 0.3) is 0 Å². The molecule has 7 heteroatoms. The first kappa shape index (κ1) is 18.6. The van der Waals surface area contributed by atoms with E-state index in [2.05, 4.69) is 31.0 Å². The minimum Gasteiger partial charge on any atom is -0.323 e. The van der Waals surface area contributed by atoms with Crippen LogP contribution in [0.1, 0.15) is 32.8 Å². The highest BCUT2D eigenvalue weighted by Gasteiger charge is 2.34. The molecule has 1 heterocycles. The van der Waals surface area contributed by atoms with Crippen molar-refractivity contribution in [3.63, 3.8) is 0 Å². The highest BCUT2D eigenvalue weighted by molar-refractivity contribution is 5.90. The van der Waals surface area contributed by atoms with Crippen molar-refractivity contribution in [3.05, 3.63) is 29.8 Å². The van der Waals surface area contributed by atoms with Crippen LogP contribution in [0.5, 0.6) is 0 Å². The Kier molecular flexibility index (Phi) is 5.42. The lowest BCUT2D eigenvalue weighted by Gasteiger charge is -2.34.